The number of rotatable bonds is 3. The van der Waals surface area contributed by atoms with Gasteiger partial charge in [-0.3, -0.25) is 4.79 Å². The van der Waals surface area contributed by atoms with E-state index < -0.39 is 14.6 Å². The van der Waals surface area contributed by atoms with Crippen molar-refractivity contribution in [2.75, 3.05) is 25.9 Å². The van der Waals surface area contributed by atoms with Gasteiger partial charge in [0.2, 0.25) is 5.91 Å². The molecule has 1 amide bonds. The van der Waals surface area contributed by atoms with Crippen LogP contribution in [0, 0.1) is 0 Å². The van der Waals surface area contributed by atoms with Gasteiger partial charge in [0.15, 0.2) is 14.6 Å². The maximum atomic E-state index is 13.6. The number of fused-ring (bicyclic) bond motifs is 1. The number of carbonyl (C=O) groups excluding carboxylic acids is 1. The Morgan fingerprint density at radius 1 is 1.03 bits per heavy atom. The Hall–Kier alpha value is -1.89. The largest absolute Gasteiger partial charge is 0.336 e. The van der Waals surface area contributed by atoms with Crippen LogP contribution in [0.1, 0.15) is 35.4 Å². The maximum Gasteiger partial charge on any atom is 0.244 e. The molecule has 2 aliphatic heterocycles. The topological polar surface area (TPSA) is 66.5 Å². The lowest BCUT2D eigenvalue weighted by atomic mass is 9.83. The summed E-state index contributed by atoms with van der Waals surface area (Å²) in [6, 6.07) is 18.3. The molecule has 1 saturated heterocycles. The number of nitrogens with zero attached hydrogens (tertiary/aromatic N) is 1. The molecule has 0 saturated carbocycles. The molecule has 0 bridgehead atoms. The number of hydrogen-bond donors (Lipinski definition) is 1. The molecule has 1 N–H and O–H groups in total. The van der Waals surface area contributed by atoms with Crippen LogP contribution < -0.4 is 5.32 Å². The standard InChI is InChI=1S/C22H26N2O3S.ClH/c1-28(26,27)22(11-13-23-14-12-22)21(25)24-15-18-9-5-6-10-19(18)20(16-24)17-7-3-2-4-8-17;/h2-10,20,23H,11-16H2,1H3;1H. The molecule has 0 aromatic heterocycles. The van der Waals surface area contributed by atoms with Crippen LogP contribution in [0.5, 0.6) is 0 Å². The Labute approximate surface area is 178 Å². The lowest BCUT2D eigenvalue weighted by Gasteiger charge is -2.42. The van der Waals surface area contributed by atoms with E-state index in [4.69, 9.17) is 0 Å². The zero-order valence-corrected chi connectivity index (χ0v) is 18.1. The minimum absolute atomic E-state index is 0. The van der Waals surface area contributed by atoms with Gasteiger partial charge in [-0.25, -0.2) is 8.42 Å². The summed E-state index contributed by atoms with van der Waals surface area (Å²) >= 11 is 0. The van der Waals surface area contributed by atoms with Crippen LogP contribution in [0.4, 0.5) is 0 Å². The summed E-state index contributed by atoms with van der Waals surface area (Å²) in [5, 5.41) is 3.18. The number of nitrogens with one attached hydrogen (secondary N) is 1. The molecule has 2 aliphatic rings. The molecule has 29 heavy (non-hydrogen) atoms. The Bertz CT molecular complexity index is 973. The van der Waals surface area contributed by atoms with Gasteiger partial charge in [0.25, 0.3) is 0 Å². The number of amides is 1. The first-order valence-corrected chi connectivity index (χ1v) is 11.6. The molecule has 1 unspecified atom stereocenters. The van der Waals surface area contributed by atoms with Gasteiger partial charge in [0.1, 0.15) is 0 Å². The summed E-state index contributed by atoms with van der Waals surface area (Å²) in [5.74, 6) is -0.194. The van der Waals surface area contributed by atoms with Crippen molar-refractivity contribution < 1.29 is 13.2 Å². The number of hydrogen-bond acceptors (Lipinski definition) is 4. The number of sulfone groups is 1. The smallest absolute Gasteiger partial charge is 0.244 e. The third kappa shape index (κ3) is 3.93. The highest BCUT2D eigenvalue weighted by atomic mass is 35.5. The summed E-state index contributed by atoms with van der Waals surface area (Å²) in [6.45, 7) is 2.06. The normalized spacial score (nSPS) is 21.0. The Morgan fingerprint density at radius 3 is 2.31 bits per heavy atom. The fourth-order valence-electron chi connectivity index (χ4n) is 4.59. The van der Waals surface area contributed by atoms with Crippen LogP contribution >= 0.6 is 12.4 Å². The highest BCUT2D eigenvalue weighted by molar-refractivity contribution is 7.92. The van der Waals surface area contributed by atoms with E-state index in [1.807, 2.05) is 36.4 Å². The highest BCUT2D eigenvalue weighted by Gasteiger charge is 2.51. The fourth-order valence-corrected chi connectivity index (χ4v) is 5.99. The molecule has 1 fully saturated rings. The first-order valence-electron chi connectivity index (χ1n) is 9.75. The van der Waals surface area contributed by atoms with E-state index in [2.05, 4.69) is 23.5 Å². The van der Waals surface area contributed by atoms with Crippen LogP contribution in [-0.2, 0) is 21.2 Å². The van der Waals surface area contributed by atoms with Crippen molar-refractivity contribution in [3.63, 3.8) is 0 Å². The minimum Gasteiger partial charge on any atom is -0.336 e. The number of carbonyl (C=O) groups is 1. The Kier molecular flexibility index (Phi) is 6.36. The molecule has 2 aromatic rings. The molecule has 0 aliphatic carbocycles. The molecule has 0 radical (unpaired) electrons. The first-order chi connectivity index (χ1) is 13.4. The van der Waals surface area contributed by atoms with Crippen LogP contribution in [0.2, 0.25) is 0 Å². The zero-order chi connectivity index (χ0) is 19.8. The van der Waals surface area contributed by atoms with Crippen molar-refractivity contribution in [2.24, 2.45) is 0 Å². The summed E-state index contributed by atoms with van der Waals surface area (Å²) < 4.78 is 24.1. The molecule has 2 aromatic carbocycles. The van der Waals surface area contributed by atoms with E-state index in [-0.39, 0.29) is 24.2 Å². The lowest BCUT2D eigenvalue weighted by Crippen LogP contribution is -2.59. The van der Waals surface area contributed by atoms with Crippen LogP contribution in [0.25, 0.3) is 0 Å². The van der Waals surface area contributed by atoms with Crippen molar-refractivity contribution in [2.45, 2.75) is 30.1 Å². The third-order valence-electron chi connectivity index (χ3n) is 6.19. The van der Waals surface area contributed by atoms with E-state index in [1.54, 1.807) is 4.90 Å². The van der Waals surface area contributed by atoms with Crippen molar-refractivity contribution in [3.8, 4) is 0 Å². The number of halogens is 1. The zero-order valence-electron chi connectivity index (χ0n) is 16.5. The SMILES string of the molecule is CS(=O)(=O)C1(C(=O)N2Cc3ccccc3C(c3ccccc3)C2)CCNCC1.Cl. The Balaban J connectivity index is 0.00000240. The predicted molar refractivity (Wildman–Crippen MR) is 117 cm³/mol. The van der Waals surface area contributed by atoms with Crippen molar-refractivity contribution in [1.29, 1.82) is 0 Å². The molecular formula is C22H27ClN2O3S. The second-order valence-corrected chi connectivity index (χ2v) is 10.2. The van der Waals surface area contributed by atoms with Gasteiger partial charge in [-0.15, -0.1) is 12.4 Å². The summed E-state index contributed by atoms with van der Waals surface area (Å²) in [6.07, 6.45) is 1.88. The maximum absolute atomic E-state index is 13.6. The van der Waals surface area contributed by atoms with E-state index in [9.17, 15) is 13.2 Å². The average molecular weight is 435 g/mol. The van der Waals surface area contributed by atoms with Gasteiger partial charge in [0.05, 0.1) is 0 Å². The van der Waals surface area contributed by atoms with E-state index >= 15 is 0 Å². The van der Waals surface area contributed by atoms with Crippen molar-refractivity contribution in [3.05, 3.63) is 71.3 Å². The first kappa shape index (κ1) is 21.8. The molecule has 5 nitrogen and oxygen atoms in total. The van der Waals surface area contributed by atoms with Gasteiger partial charge in [-0.1, -0.05) is 54.6 Å². The monoisotopic (exact) mass is 434 g/mol. The third-order valence-corrected chi connectivity index (χ3v) is 8.20. The summed E-state index contributed by atoms with van der Waals surface area (Å²) in [5.41, 5.74) is 3.45. The van der Waals surface area contributed by atoms with Gasteiger partial charge in [0, 0.05) is 25.3 Å². The second kappa shape index (κ2) is 8.46. The van der Waals surface area contributed by atoms with Gasteiger partial charge < -0.3 is 10.2 Å². The van der Waals surface area contributed by atoms with Crippen LogP contribution in [0.3, 0.4) is 0 Å². The summed E-state index contributed by atoms with van der Waals surface area (Å²) in [7, 11) is -3.53. The molecule has 7 heteroatoms. The quantitative estimate of drug-likeness (QED) is 0.806. The molecule has 2 heterocycles. The highest BCUT2D eigenvalue weighted by Crippen LogP contribution is 2.37. The second-order valence-electron chi connectivity index (χ2n) is 7.86. The minimum atomic E-state index is -3.53. The Morgan fingerprint density at radius 2 is 1.66 bits per heavy atom. The fraction of sp³-hybridized carbons (Fsp3) is 0.409. The van der Waals surface area contributed by atoms with Crippen molar-refractivity contribution in [1.82, 2.24) is 10.2 Å². The average Bonchev–Trinajstić information content (AvgIpc) is 2.72. The molecule has 4 rings (SSSR count). The van der Waals surface area contributed by atoms with Gasteiger partial charge in [-0.05, 0) is 42.6 Å². The van der Waals surface area contributed by atoms with Crippen LogP contribution in [-0.4, -0.2) is 49.9 Å². The molecule has 156 valence electrons. The van der Waals surface area contributed by atoms with E-state index in [0.717, 1.165) is 11.1 Å². The molecular weight excluding hydrogens is 408 g/mol. The molecule has 1 atom stereocenters. The number of benzene rings is 2. The van der Waals surface area contributed by atoms with Gasteiger partial charge >= 0.3 is 0 Å². The number of piperidine rings is 1. The van der Waals surface area contributed by atoms with E-state index in [0.29, 0.717) is 39.0 Å². The van der Waals surface area contributed by atoms with Crippen LogP contribution in [0.15, 0.2) is 54.6 Å². The molecule has 0 spiro atoms. The van der Waals surface area contributed by atoms with Gasteiger partial charge in [-0.2, -0.15) is 0 Å². The van der Waals surface area contributed by atoms with Crippen molar-refractivity contribution >= 4 is 28.2 Å². The predicted octanol–water partition coefficient (Wildman–Crippen LogP) is 2.75. The summed E-state index contributed by atoms with van der Waals surface area (Å²) in [4.78, 5) is 15.4. The van der Waals surface area contributed by atoms with E-state index in [1.165, 1.54) is 11.8 Å². The lowest BCUT2D eigenvalue weighted by molar-refractivity contribution is -0.136.